The van der Waals surface area contributed by atoms with Gasteiger partial charge in [-0.2, -0.15) is 10.1 Å². The van der Waals surface area contributed by atoms with Gasteiger partial charge in [-0.05, 0) is 46.5 Å². The van der Waals surface area contributed by atoms with E-state index in [1.54, 1.807) is 10.9 Å². The molecule has 0 amide bonds. The molecule has 2 aromatic rings. The van der Waals surface area contributed by atoms with Crippen LogP contribution in [0.1, 0.15) is 59.8 Å². The van der Waals surface area contributed by atoms with Crippen LogP contribution in [-0.4, -0.2) is 40.5 Å². The third-order valence-corrected chi connectivity index (χ3v) is 5.94. The summed E-state index contributed by atoms with van der Waals surface area (Å²) in [6.45, 7) is 8.19. The third kappa shape index (κ3) is 3.84. The largest absolute Gasteiger partial charge is 0.367 e. The maximum absolute atomic E-state index is 12.1. The molecule has 1 saturated carbocycles. The summed E-state index contributed by atoms with van der Waals surface area (Å²) in [6.07, 6.45) is 9.07. The van der Waals surface area contributed by atoms with E-state index < -0.39 is 9.84 Å². The quantitative estimate of drug-likeness (QED) is 0.819. The van der Waals surface area contributed by atoms with Gasteiger partial charge in [0.05, 0.1) is 17.1 Å². The van der Waals surface area contributed by atoms with Crippen molar-refractivity contribution in [3.63, 3.8) is 0 Å². The van der Waals surface area contributed by atoms with E-state index in [1.165, 1.54) is 32.1 Å². The molecule has 3 rings (SSSR count). The van der Waals surface area contributed by atoms with Crippen LogP contribution in [0.15, 0.2) is 11.4 Å². The van der Waals surface area contributed by atoms with E-state index in [2.05, 4.69) is 27.3 Å². The van der Waals surface area contributed by atoms with Gasteiger partial charge in [-0.25, -0.2) is 18.1 Å². The van der Waals surface area contributed by atoms with Crippen molar-refractivity contribution in [1.82, 2.24) is 19.7 Å². The molecule has 0 spiro atoms. The van der Waals surface area contributed by atoms with Crippen molar-refractivity contribution >= 4 is 26.7 Å². The predicted octanol–water partition coefficient (Wildman–Crippen LogP) is 3.37. The lowest BCUT2D eigenvalue weighted by Gasteiger charge is -2.28. The van der Waals surface area contributed by atoms with E-state index in [9.17, 15) is 8.42 Å². The van der Waals surface area contributed by atoms with Crippen LogP contribution >= 0.6 is 0 Å². The first-order chi connectivity index (χ1) is 12.1. The number of sulfone groups is 1. The Balaban J connectivity index is 2.07. The van der Waals surface area contributed by atoms with E-state index in [0.717, 1.165) is 11.6 Å². The number of hydrogen-bond donors (Lipinski definition) is 1. The van der Waals surface area contributed by atoms with E-state index in [4.69, 9.17) is 0 Å². The van der Waals surface area contributed by atoms with Crippen LogP contribution in [0.25, 0.3) is 11.0 Å². The normalized spacial score (nSPS) is 18.2. The van der Waals surface area contributed by atoms with Crippen LogP contribution in [-0.2, 0) is 15.4 Å². The molecular weight excluding hydrogens is 350 g/mol. The monoisotopic (exact) mass is 379 g/mol. The van der Waals surface area contributed by atoms with Gasteiger partial charge in [-0.15, -0.1) is 0 Å². The van der Waals surface area contributed by atoms with E-state index in [0.29, 0.717) is 17.4 Å². The zero-order valence-electron chi connectivity index (χ0n) is 16.3. The Morgan fingerprint density at radius 3 is 2.42 bits per heavy atom. The molecule has 144 valence electrons. The Morgan fingerprint density at radius 2 is 1.85 bits per heavy atom. The van der Waals surface area contributed by atoms with Crippen LogP contribution in [0.5, 0.6) is 0 Å². The summed E-state index contributed by atoms with van der Waals surface area (Å²) >= 11 is 0. The summed E-state index contributed by atoms with van der Waals surface area (Å²) in [5, 5.41) is 8.51. The smallest absolute Gasteiger partial charge is 0.250 e. The van der Waals surface area contributed by atoms with Crippen LogP contribution in [0.3, 0.4) is 0 Å². The summed E-state index contributed by atoms with van der Waals surface area (Å²) in [7, 11) is -3.52. The van der Waals surface area contributed by atoms with Crippen molar-refractivity contribution in [3.8, 4) is 0 Å². The molecular formula is C18H29N5O2S. The summed E-state index contributed by atoms with van der Waals surface area (Å²) in [4.78, 5) is 8.65. The SMILES string of the molecule is CC(Nc1nc(S(C)(=O)=O)nc2c1cnn2C(C)(C)C)C1CCCCC1. The molecule has 1 N–H and O–H groups in total. The van der Waals surface area contributed by atoms with Crippen molar-refractivity contribution < 1.29 is 8.42 Å². The number of anilines is 1. The Labute approximate surface area is 155 Å². The molecule has 8 heteroatoms. The number of aromatic nitrogens is 4. The highest BCUT2D eigenvalue weighted by molar-refractivity contribution is 7.90. The minimum absolute atomic E-state index is 0.158. The molecule has 1 aliphatic rings. The summed E-state index contributed by atoms with van der Waals surface area (Å²) in [5.74, 6) is 1.14. The van der Waals surface area contributed by atoms with Crippen LogP contribution in [0.4, 0.5) is 5.82 Å². The molecule has 0 saturated heterocycles. The van der Waals surface area contributed by atoms with Crippen LogP contribution in [0.2, 0.25) is 0 Å². The molecule has 1 unspecified atom stereocenters. The van der Waals surface area contributed by atoms with Crippen molar-refractivity contribution in [1.29, 1.82) is 0 Å². The summed E-state index contributed by atoms with van der Waals surface area (Å²) in [6, 6.07) is 0.221. The molecule has 2 heterocycles. The highest BCUT2D eigenvalue weighted by Gasteiger charge is 2.26. The van der Waals surface area contributed by atoms with Crippen molar-refractivity contribution in [2.75, 3.05) is 11.6 Å². The highest BCUT2D eigenvalue weighted by Crippen LogP contribution is 2.31. The lowest BCUT2D eigenvalue weighted by atomic mass is 9.84. The Kier molecular flexibility index (Phi) is 4.98. The van der Waals surface area contributed by atoms with Gasteiger partial charge < -0.3 is 5.32 Å². The van der Waals surface area contributed by atoms with E-state index in [-0.39, 0.29) is 16.7 Å². The molecule has 1 atom stereocenters. The van der Waals surface area contributed by atoms with Gasteiger partial charge >= 0.3 is 0 Å². The standard InChI is InChI=1S/C18H29N5O2S/c1-12(13-9-7-6-8-10-13)20-15-14-11-19-23(18(2,3)4)16(14)22-17(21-15)26(5,24)25/h11-13H,6-10H2,1-5H3,(H,20,21,22). The molecule has 0 bridgehead atoms. The maximum Gasteiger partial charge on any atom is 0.250 e. The first kappa shape index (κ1) is 19.1. The molecule has 26 heavy (non-hydrogen) atoms. The molecule has 0 aliphatic heterocycles. The lowest BCUT2D eigenvalue weighted by Crippen LogP contribution is -2.28. The first-order valence-electron chi connectivity index (χ1n) is 9.30. The fourth-order valence-corrected chi connectivity index (χ4v) is 4.13. The minimum atomic E-state index is -3.52. The molecule has 0 aromatic carbocycles. The van der Waals surface area contributed by atoms with Gasteiger partial charge in [0.15, 0.2) is 5.65 Å². The van der Waals surface area contributed by atoms with Crippen LogP contribution in [0, 0.1) is 5.92 Å². The third-order valence-electron chi connectivity index (χ3n) is 5.10. The van der Waals surface area contributed by atoms with Crippen molar-refractivity contribution in [2.24, 2.45) is 5.92 Å². The predicted molar refractivity (Wildman–Crippen MR) is 103 cm³/mol. The molecule has 1 fully saturated rings. The summed E-state index contributed by atoms with van der Waals surface area (Å²) in [5.41, 5.74) is 0.239. The number of fused-ring (bicyclic) bond motifs is 1. The zero-order valence-corrected chi connectivity index (χ0v) is 17.1. The van der Waals surface area contributed by atoms with Gasteiger partial charge in [-0.3, -0.25) is 0 Å². The average Bonchev–Trinajstić information content (AvgIpc) is 2.99. The fourth-order valence-electron chi connectivity index (χ4n) is 3.62. The second-order valence-electron chi connectivity index (χ2n) is 8.42. The van der Waals surface area contributed by atoms with Crippen molar-refractivity contribution in [3.05, 3.63) is 6.20 Å². The lowest BCUT2D eigenvalue weighted by molar-refractivity contribution is 0.328. The zero-order chi connectivity index (χ0) is 19.1. The first-order valence-corrected chi connectivity index (χ1v) is 11.2. The summed E-state index contributed by atoms with van der Waals surface area (Å²) < 4.78 is 26.0. The van der Waals surface area contributed by atoms with Crippen molar-refractivity contribution in [2.45, 2.75) is 76.5 Å². The van der Waals surface area contributed by atoms with Gasteiger partial charge in [0.25, 0.3) is 5.16 Å². The number of nitrogens with zero attached hydrogens (tertiary/aromatic N) is 4. The maximum atomic E-state index is 12.1. The fraction of sp³-hybridized carbons (Fsp3) is 0.722. The van der Waals surface area contributed by atoms with Gasteiger partial charge in [0.2, 0.25) is 9.84 Å². The Bertz CT molecular complexity index is 892. The number of rotatable bonds is 4. The van der Waals surface area contributed by atoms with Gasteiger partial charge in [0.1, 0.15) is 5.82 Å². The highest BCUT2D eigenvalue weighted by atomic mass is 32.2. The van der Waals surface area contributed by atoms with E-state index in [1.807, 2.05) is 20.8 Å². The number of hydrogen-bond acceptors (Lipinski definition) is 6. The molecule has 0 radical (unpaired) electrons. The topological polar surface area (TPSA) is 89.8 Å². The second kappa shape index (κ2) is 6.79. The van der Waals surface area contributed by atoms with E-state index >= 15 is 0 Å². The second-order valence-corrected chi connectivity index (χ2v) is 10.3. The number of nitrogens with one attached hydrogen (secondary N) is 1. The minimum Gasteiger partial charge on any atom is -0.367 e. The average molecular weight is 380 g/mol. The van der Waals surface area contributed by atoms with Gasteiger partial charge in [-0.1, -0.05) is 19.3 Å². The Morgan fingerprint density at radius 1 is 1.19 bits per heavy atom. The van der Waals surface area contributed by atoms with Gasteiger partial charge in [0, 0.05) is 12.3 Å². The molecule has 7 nitrogen and oxygen atoms in total. The molecule has 2 aromatic heterocycles. The molecule has 1 aliphatic carbocycles. The van der Waals surface area contributed by atoms with Crippen LogP contribution < -0.4 is 5.32 Å². The Hall–Kier alpha value is -1.70.